The standard InChI is InChI=1S/C13H10N4O5S/c1-8-2-3-9(6-11(8)16(19)20)13(18)15-14-7-10-4-5-12(23-10)17(21)22/h2-7H,1H3,(H,15,18)/b14-7+. The second kappa shape index (κ2) is 6.75. The molecule has 0 saturated heterocycles. The number of carbonyl (C=O) groups excluding carboxylic acids is 1. The number of hydrazone groups is 1. The van der Waals surface area contributed by atoms with Gasteiger partial charge in [-0.2, -0.15) is 5.10 Å². The minimum absolute atomic E-state index is 0.0352. The van der Waals surface area contributed by atoms with Crippen LogP contribution in [-0.2, 0) is 0 Å². The van der Waals surface area contributed by atoms with E-state index in [4.69, 9.17) is 0 Å². The molecule has 0 fully saturated rings. The lowest BCUT2D eigenvalue weighted by atomic mass is 10.1. The van der Waals surface area contributed by atoms with E-state index in [0.29, 0.717) is 10.4 Å². The van der Waals surface area contributed by atoms with Crippen molar-refractivity contribution >= 4 is 34.1 Å². The molecular formula is C13H10N4O5S. The molecule has 1 aromatic carbocycles. The van der Waals surface area contributed by atoms with Crippen LogP contribution >= 0.6 is 11.3 Å². The molecule has 0 bridgehead atoms. The van der Waals surface area contributed by atoms with Crippen molar-refractivity contribution in [3.05, 3.63) is 66.6 Å². The highest BCUT2D eigenvalue weighted by molar-refractivity contribution is 7.16. The van der Waals surface area contributed by atoms with Gasteiger partial charge in [-0.05, 0) is 19.1 Å². The van der Waals surface area contributed by atoms with Gasteiger partial charge in [0.15, 0.2) is 0 Å². The number of nitrogens with zero attached hydrogens (tertiary/aromatic N) is 3. The van der Waals surface area contributed by atoms with Crippen molar-refractivity contribution in [2.45, 2.75) is 6.92 Å². The Bertz CT molecular complexity index is 814. The Morgan fingerprint density at radius 1 is 1.22 bits per heavy atom. The molecule has 9 nitrogen and oxygen atoms in total. The van der Waals surface area contributed by atoms with Gasteiger partial charge in [-0.3, -0.25) is 25.0 Å². The summed E-state index contributed by atoms with van der Waals surface area (Å²) in [4.78, 5) is 32.7. The molecule has 118 valence electrons. The fourth-order valence-corrected chi connectivity index (χ4v) is 2.37. The highest BCUT2D eigenvalue weighted by Crippen LogP contribution is 2.22. The first-order chi connectivity index (χ1) is 10.9. The molecule has 23 heavy (non-hydrogen) atoms. The Hall–Kier alpha value is -3.14. The molecule has 0 atom stereocenters. The number of nitro groups is 2. The van der Waals surface area contributed by atoms with Gasteiger partial charge in [0, 0.05) is 23.3 Å². The largest absolute Gasteiger partial charge is 0.324 e. The second-order valence-corrected chi connectivity index (χ2v) is 5.48. The van der Waals surface area contributed by atoms with E-state index >= 15 is 0 Å². The predicted octanol–water partition coefficient (Wildman–Crippen LogP) is 2.64. The Labute approximate surface area is 133 Å². The Morgan fingerprint density at radius 2 is 1.96 bits per heavy atom. The third kappa shape index (κ3) is 3.95. The number of hydrogen-bond donors (Lipinski definition) is 1. The van der Waals surface area contributed by atoms with Crippen LogP contribution < -0.4 is 5.43 Å². The average Bonchev–Trinajstić information content (AvgIpc) is 2.96. The van der Waals surface area contributed by atoms with Crippen LogP contribution in [0.3, 0.4) is 0 Å². The van der Waals surface area contributed by atoms with Crippen molar-refractivity contribution < 1.29 is 14.6 Å². The van der Waals surface area contributed by atoms with Gasteiger partial charge in [0.1, 0.15) is 0 Å². The van der Waals surface area contributed by atoms with Gasteiger partial charge in [0.05, 0.1) is 20.9 Å². The summed E-state index contributed by atoms with van der Waals surface area (Å²) < 4.78 is 0. The smallest absolute Gasteiger partial charge is 0.267 e. The van der Waals surface area contributed by atoms with Gasteiger partial charge in [0.2, 0.25) is 0 Å². The van der Waals surface area contributed by atoms with E-state index in [1.54, 1.807) is 6.92 Å². The lowest BCUT2D eigenvalue weighted by Gasteiger charge is -2.01. The summed E-state index contributed by atoms with van der Waals surface area (Å²) >= 11 is 0.908. The molecule has 1 heterocycles. The molecule has 1 aromatic heterocycles. The van der Waals surface area contributed by atoms with Crippen molar-refractivity contribution in [1.82, 2.24) is 5.43 Å². The maximum atomic E-state index is 11.9. The summed E-state index contributed by atoms with van der Waals surface area (Å²) in [7, 11) is 0. The third-order valence-electron chi connectivity index (χ3n) is 2.82. The van der Waals surface area contributed by atoms with E-state index in [1.165, 1.54) is 30.5 Å². The number of carbonyl (C=O) groups is 1. The summed E-state index contributed by atoms with van der Waals surface area (Å²) in [6.45, 7) is 1.57. The van der Waals surface area contributed by atoms with Gasteiger partial charge in [0.25, 0.3) is 11.6 Å². The molecule has 2 aromatic rings. The summed E-state index contributed by atoms with van der Waals surface area (Å²) in [5, 5.41) is 25.0. The van der Waals surface area contributed by atoms with Gasteiger partial charge in [-0.1, -0.05) is 17.4 Å². The minimum Gasteiger partial charge on any atom is -0.267 e. The number of nitrogens with one attached hydrogen (secondary N) is 1. The number of nitro benzene ring substituents is 1. The third-order valence-corrected chi connectivity index (χ3v) is 3.79. The van der Waals surface area contributed by atoms with E-state index in [2.05, 4.69) is 10.5 Å². The molecule has 0 saturated carbocycles. The lowest BCUT2D eigenvalue weighted by molar-refractivity contribution is -0.385. The van der Waals surface area contributed by atoms with E-state index in [9.17, 15) is 25.0 Å². The molecule has 0 aliphatic heterocycles. The SMILES string of the molecule is Cc1ccc(C(=O)N/N=C/c2ccc([N+](=O)[O-])s2)cc1[N+](=O)[O-]. The molecule has 10 heteroatoms. The highest BCUT2D eigenvalue weighted by Gasteiger charge is 2.14. The predicted molar refractivity (Wildman–Crippen MR) is 83.9 cm³/mol. The van der Waals surface area contributed by atoms with E-state index in [0.717, 1.165) is 17.4 Å². The number of benzene rings is 1. The molecule has 0 unspecified atom stereocenters. The fourth-order valence-electron chi connectivity index (χ4n) is 1.68. The summed E-state index contributed by atoms with van der Waals surface area (Å²) in [5.41, 5.74) is 2.60. The molecule has 0 radical (unpaired) electrons. The van der Waals surface area contributed by atoms with Crippen molar-refractivity contribution in [3.8, 4) is 0 Å². The summed E-state index contributed by atoms with van der Waals surface area (Å²) in [6.07, 6.45) is 1.26. The van der Waals surface area contributed by atoms with Crippen LogP contribution in [0.1, 0.15) is 20.8 Å². The van der Waals surface area contributed by atoms with Gasteiger partial charge >= 0.3 is 5.00 Å². The van der Waals surface area contributed by atoms with Crippen LogP contribution in [0, 0.1) is 27.2 Å². The number of amides is 1. The van der Waals surface area contributed by atoms with Crippen LogP contribution in [0.25, 0.3) is 0 Å². The van der Waals surface area contributed by atoms with Crippen molar-refractivity contribution in [1.29, 1.82) is 0 Å². The Kier molecular flexibility index (Phi) is 4.76. The maximum absolute atomic E-state index is 11.9. The van der Waals surface area contributed by atoms with Crippen molar-refractivity contribution in [2.24, 2.45) is 5.10 Å². The zero-order chi connectivity index (χ0) is 17.0. The number of rotatable bonds is 5. The van der Waals surface area contributed by atoms with Crippen LogP contribution in [0.15, 0.2) is 35.4 Å². The summed E-state index contributed by atoms with van der Waals surface area (Å²) in [6, 6.07) is 6.91. The van der Waals surface area contributed by atoms with Crippen LogP contribution in [0.2, 0.25) is 0 Å². The zero-order valence-corrected chi connectivity index (χ0v) is 12.6. The van der Waals surface area contributed by atoms with Gasteiger partial charge in [-0.15, -0.1) is 0 Å². The van der Waals surface area contributed by atoms with Crippen LogP contribution in [0.4, 0.5) is 10.7 Å². The van der Waals surface area contributed by atoms with Gasteiger partial charge < -0.3 is 0 Å². The highest BCUT2D eigenvalue weighted by atomic mass is 32.1. The molecular weight excluding hydrogens is 324 g/mol. The number of aryl methyl sites for hydroxylation is 1. The second-order valence-electron chi connectivity index (χ2n) is 4.39. The molecule has 0 aliphatic carbocycles. The normalized spacial score (nSPS) is 10.7. The fraction of sp³-hybridized carbons (Fsp3) is 0.0769. The first-order valence-corrected chi connectivity index (χ1v) is 7.03. The number of thiophene rings is 1. The average molecular weight is 334 g/mol. The molecule has 1 amide bonds. The van der Waals surface area contributed by atoms with Crippen LogP contribution in [-0.4, -0.2) is 22.0 Å². The maximum Gasteiger partial charge on any atom is 0.324 e. The zero-order valence-electron chi connectivity index (χ0n) is 11.8. The van der Waals surface area contributed by atoms with E-state index in [1.807, 2.05) is 0 Å². The Morgan fingerprint density at radius 3 is 2.57 bits per heavy atom. The molecule has 1 N–H and O–H groups in total. The van der Waals surface area contributed by atoms with Crippen LogP contribution in [0.5, 0.6) is 0 Å². The number of hydrogen-bond acceptors (Lipinski definition) is 7. The lowest BCUT2D eigenvalue weighted by Crippen LogP contribution is -2.17. The topological polar surface area (TPSA) is 128 Å². The minimum atomic E-state index is -0.615. The Balaban J connectivity index is 2.07. The first kappa shape index (κ1) is 16.2. The van der Waals surface area contributed by atoms with E-state index in [-0.39, 0.29) is 16.3 Å². The van der Waals surface area contributed by atoms with Crippen molar-refractivity contribution in [3.63, 3.8) is 0 Å². The van der Waals surface area contributed by atoms with Crippen molar-refractivity contribution in [2.75, 3.05) is 0 Å². The molecule has 0 aliphatic rings. The first-order valence-electron chi connectivity index (χ1n) is 6.21. The monoisotopic (exact) mass is 334 g/mol. The van der Waals surface area contributed by atoms with E-state index < -0.39 is 15.8 Å². The molecule has 0 spiro atoms. The van der Waals surface area contributed by atoms with Gasteiger partial charge in [-0.25, -0.2) is 5.43 Å². The summed E-state index contributed by atoms with van der Waals surface area (Å²) in [5.74, 6) is -0.615. The quantitative estimate of drug-likeness (QED) is 0.510. The molecule has 2 rings (SSSR count).